The van der Waals surface area contributed by atoms with E-state index in [0.29, 0.717) is 5.01 Å². The van der Waals surface area contributed by atoms with E-state index in [1.54, 1.807) is 13.8 Å². The highest BCUT2D eigenvalue weighted by Gasteiger charge is 2.32. The minimum atomic E-state index is -1.51. The van der Waals surface area contributed by atoms with Crippen molar-refractivity contribution in [1.82, 2.24) is 10.3 Å². The summed E-state index contributed by atoms with van der Waals surface area (Å²) in [6, 6.07) is -1.51. The predicted molar refractivity (Wildman–Crippen MR) is 74.5 cm³/mol. The summed E-state index contributed by atoms with van der Waals surface area (Å²) in [5, 5.41) is 4.32. The number of thiazole rings is 1. The number of nitrogens with one attached hydrogen (secondary N) is 1. The Morgan fingerprint density at radius 1 is 1.29 bits per heavy atom. The first-order chi connectivity index (χ1) is 10.0. The van der Waals surface area contributed by atoms with Gasteiger partial charge in [-0.25, -0.2) is 14.6 Å². The number of nitrogens with two attached hydrogens (primary N) is 1. The van der Waals surface area contributed by atoms with Gasteiger partial charge in [0.2, 0.25) is 6.04 Å². The SMILES string of the molecule is CCOC(=O)C(NC(=O)c1csc(CN)n1)C(=O)OCC. The van der Waals surface area contributed by atoms with E-state index in [9.17, 15) is 14.4 Å². The van der Waals surface area contributed by atoms with Crippen molar-refractivity contribution in [3.63, 3.8) is 0 Å². The van der Waals surface area contributed by atoms with E-state index >= 15 is 0 Å². The summed E-state index contributed by atoms with van der Waals surface area (Å²) in [5.41, 5.74) is 5.49. The molecule has 0 aliphatic rings. The Bertz CT molecular complexity index is 499. The normalized spacial score (nSPS) is 10.3. The lowest BCUT2D eigenvalue weighted by Crippen LogP contribution is -2.48. The van der Waals surface area contributed by atoms with E-state index in [4.69, 9.17) is 15.2 Å². The number of rotatable bonds is 7. The van der Waals surface area contributed by atoms with E-state index in [1.807, 2.05) is 0 Å². The summed E-state index contributed by atoms with van der Waals surface area (Å²) in [4.78, 5) is 39.4. The zero-order valence-corrected chi connectivity index (χ0v) is 12.6. The average Bonchev–Trinajstić information content (AvgIpc) is 2.93. The third-order valence-electron chi connectivity index (χ3n) is 2.28. The van der Waals surface area contributed by atoms with Crippen LogP contribution in [-0.4, -0.2) is 42.1 Å². The number of carbonyl (C=O) groups excluding carboxylic acids is 3. The van der Waals surface area contributed by atoms with Gasteiger partial charge in [0.25, 0.3) is 5.91 Å². The van der Waals surface area contributed by atoms with Gasteiger partial charge in [-0.15, -0.1) is 11.3 Å². The first-order valence-corrected chi connectivity index (χ1v) is 7.20. The standard InChI is InChI=1S/C12H17N3O5S/c1-3-19-11(17)9(12(18)20-4-2)15-10(16)7-6-21-8(5-13)14-7/h6,9H,3-5,13H2,1-2H3,(H,15,16). The zero-order valence-electron chi connectivity index (χ0n) is 11.8. The molecule has 1 aromatic rings. The molecule has 0 aliphatic carbocycles. The smallest absolute Gasteiger partial charge is 0.340 e. The van der Waals surface area contributed by atoms with E-state index in [-0.39, 0.29) is 25.5 Å². The van der Waals surface area contributed by atoms with E-state index in [0.717, 1.165) is 0 Å². The Hall–Kier alpha value is -2.00. The largest absolute Gasteiger partial charge is 0.464 e. The van der Waals surface area contributed by atoms with Gasteiger partial charge in [-0.2, -0.15) is 0 Å². The van der Waals surface area contributed by atoms with Crippen LogP contribution in [0.1, 0.15) is 29.3 Å². The minimum absolute atomic E-state index is 0.0820. The molecule has 21 heavy (non-hydrogen) atoms. The minimum Gasteiger partial charge on any atom is -0.464 e. The molecule has 0 unspecified atom stereocenters. The summed E-state index contributed by atoms with van der Waals surface area (Å²) in [7, 11) is 0. The summed E-state index contributed by atoms with van der Waals surface area (Å²) < 4.78 is 9.48. The van der Waals surface area contributed by atoms with Crippen LogP contribution < -0.4 is 11.1 Å². The number of aromatic nitrogens is 1. The Labute approximate surface area is 125 Å². The second-order valence-corrected chi connectivity index (χ2v) is 4.68. The molecule has 1 amide bonds. The molecule has 0 aliphatic heterocycles. The van der Waals surface area contributed by atoms with Crippen molar-refractivity contribution in [2.45, 2.75) is 26.4 Å². The van der Waals surface area contributed by atoms with Gasteiger partial charge >= 0.3 is 11.9 Å². The molecule has 0 saturated carbocycles. The van der Waals surface area contributed by atoms with Gasteiger partial charge < -0.3 is 20.5 Å². The highest BCUT2D eigenvalue weighted by Crippen LogP contribution is 2.09. The fourth-order valence-corrected chi connectivity index (χ4v) is 2.03. The van der Waals surface area contributed by atoms with Gasteiger partial charge in [-0.1, -0.05) is 0 Å². The highest BCUT2D eigenvalue weighted by molar-refractivity contribution is 7.09. The zero-order chi connectivity index (χ0) is 15.8. The van der Waals surface area contributed by atoms with E-state index in [1.165, 1.54) is 16.7 Å². The van der Waals surface area contributed by atoms with Gasteiger partial charge in [0.1, 0.15) is 10.7 Å². The van der Waals surface area contributed by atoms with Gasteiger partial charge in [-0.05, 0) is 13.8 Å². The number of esters is 2. The third kappa shape index (κ3) is 4.80. The van der Waals surface area contributed by atoms with Crippen LogP contribution in [0.25, 0.3) is 0 Å². The fraction of sp³-hybridized carbons (Fsp3) is 0.500. The van der Waals surface area contributed by atoms with Crippen LogP contribution >= 0.6 is 11.3 Å². The molecule has 0 fully saturated rings. The molecule has 116 valence electrons. The molecule has 0 atom stereocenters. The molecule has 3 N–H and O–H groups in total. The van der Waals surface area contributed by atoms with Crippen molar-refractivity contribution in [2.24, 2.45) is 5.73 Å². The topological polar surface area (TPSA) is 121 Å². The van der Waals surface area contributed by atoms with Crippen molar-refractivity contribution in [1.29, 1.82) is 0 Å². The van der Waals surface area contributed by atoms with Crippen LogP contribution in [0, 0.1) is 0 Å². The second-order valence-electron chi connectivity index (χ2n) is 3.74. The Balaban J connectivity index is 2.81. The first kappa shape index (κ1) is 17.1. The molecule has 0 aromatic carbocycles. The molecule has 1 rings (SSSR count). The Morgan fingerprint density at radius 2 is 1.86 bits per heavy atom. The predicted octanol–water partition coefficient (Wildman–Crippen LogP) is -0.174. The average molecular weight is 315 g/mol. The third-order valence-corrected chi connectivity index (χ3v) is 3.15. The molecule has 0 radical (unpaired) electrons. The quantitative estimate of drug-likeness (QED) is 0.529. The lowest BCUT2D eigenvalue weighted by Gasteiger charge is -2.15. The fourth-order valence-electron chi connectivity index (χ4n) is 1.38. The van der Waals surface area contributed by atoms with Crippen molar-refractivity contribution in [3.8, 4) is 0 Å². The van der Waals surface area contributed by atoms with Crippen LogP contribution in [0.2, 0.25) is 0 Å². The van der Waals surface area contributed by atoms with Crippen LogP contribution in [-0.2, 0) is 25.6 Å². The first-order valence-electron chi connectivity index (χ1n) is 6.32. The second kappa shape index (κ2) is 8.32. The van der Waals surface area contributed by atoms with Crippen LogP contribution in [0.5, 0.6) is 0 Å². The molecular weight excluding hydrogens is 298 g/mol. The van der Waals surface area contributed by atoms with Crippen molar-refractivity contribution in [3.05, 3.63) is 16.1 Å². The van der Waals surface area contributed by atoms with Crippen LogP contribution in [0.15, 0.2) is 5.38 Å². The number of carbonyl (C=O) groups is 3. The molecule has 8 nitrogen and oxygen atoms in total. The molecule has 1 aromatic heterocycles. The van der Waals surface area contributed by atoms with Gasteiger partial charge in [0, 0.05) is 11.9 Å². The van der Waals surface area contributed by atoms with E-state index < -0.39 is 23.9 Å². The molecule has 0 spiro atoms. The molecule has 9 heteroatoms. The number of hydrogen-bond donors (Lipinski definition) is 2. The van der Waals surface area contributed by atoms with Crippen molar-refractivity contribution < 1.29 is 23.9 Å². The van der Waals surface area contributed by atoms with Gasteiger partial charge in [0.15, 0.2) is 0 Å². The summed E-state index contributed by atoms with van der Waals surface area (Å²) in [6.07, 6.45) is 0. The molecule has 0 bridgehead atoms. The van der Waals surface area contributed by atoms with Gasteiger partial charge in [-0.3, -0.25) is 4.79 Å². The maximum Gasteiger partial charge on any atom is 0.340 e. The Morgan fingerprint density at radius 3 is 2.29 bits per heavy atom. The van der Waals surface area contributed by atoms with Crippen LogP contribution in [0.3, 0.4) is 0 Å². The number of nitrogens with zero attached hydrogens (tertiary/aromatic N) is 1. The van der Waals surface area contributed by atoms with Crippen molar-refractivity contribution >= 4 is 29.2 Å². The summed E-state index contributed by atoms with van der Waals surface area (Å²) >= 11 is 1.21. The lowest BCUT2D eigenvalue weighted by molar-refractivity contribution is -0.157. The molecule has 1 heterocycles. The van der Waals surface area contributed by atoms with Crippen LogP contribution in [0.4, 0.5) is 0 Å². The highest BCUT2D eigenvalue weighted by atomic mass is 32.1. The lowest BCUT2D eigenvalue weighted by atomic mass is 10.3. The number of amides is 1. The number of ether oxygens (including phenoxy) is 2. The maximum absolute atomic E-state index is 12.0. The number of hydrogen-bond acceptors (Lipinski definition) is 8. The Kier molecular flexibility index (Phi) is 6.76. The molecular formula is C12H17N3O5S. The monoisotopic (exact) mass is 315 g/mol. The van der Waals surface area contributed by atoms with E-state index in [2.05, 4.69) is 10.3 Å². The van der Waals surface area contributed by atoms with Crippen molar-refractivity contribution in [2.75, 3.05) is 13.2 Å². The van der Waals surface area contributed by atoms with Gasteiger partial charge in [0.05, 0.1) is 13.2 Å². The summed E-state index contributed by atoms with van der Waals surface area (Å²) in [6.45, 7) is 3.56. The maximum atomic E-state index is 12.0. The summed E-state index contributed by atoms with van der Waals surface area (Å²) in [5.74, 6) is -2.42. The molecule has 0 saturated heterocycles.